The van der Waals surface area contributed by atoms with Gasteiger partial charge in [-0.15, -0.1) is 0 Å². The van der Waals surface area contributed by atoms with Gasteiger partial charge in [-0.25, -0.2) is 4.39 Å². The Morgan fingerprint density at radius 3 is 2.45 bits per heavy atom. The number of hydrogen-bond acceptors (Lipinski definition) is 1. The highest BCUT2D eigenvalue weighted by Crippen LogP contribution is 2.18. The lowest BCUT2D eigenvalue weighted by atomic mass is 10.0. The van der Waals surface area contributed by atoms with Crippen LogP contribution in [0.15, 0.2) is 42.5 Å². The number of aryl methyl sites for hydroxylation is 2. The number of nitrogens with one attached hydrogen (secondary N) is 2. The Bertz CT molecular complexity index is 653. The molecule has 2 nitrogen and oxygen atoms in total. The summed E-state index contributed by atoms with van der Waals surface area (Å²) in [5.74, 6) is -0.229. The van der Waals surface area contributed by atoms with Crippen molar-refractivity contribution in [2.75, 3.05) is 0 Å². The molecule has 0 unspecified atom stereocenters. The molecule has 0 bridgehead atoms. The topological polar surface area (TPSA) is 24.1 Å². The van der Waals surface area contributed by atoms with Gasteiger partial charge in [0.2, 0.25) is 0 Å². The zero-order chi connectivity index (χ0) is 16.1. The zero-order valence-corrected chi connectivity index (χ0v) is 13.9. The zero-order valence-electron chi connectivity index (χ0n) is 13.1. The van der Waals surface area contributed by atoms with Crippen LogP contribution >= 0.6 is 12.2 Å². The Morgan fingerprint density at radius 1 is 1.14 bits per heavy atom. The quantitative estimate of drug-likeness (QED) is 0.828. The Labute approximate surface area is 136 Å². The standard InChI is InChI=1S/C18H21FN2S/c1-12-4-9-17(13(2)10-12)14(3)21-18(22)20-11-15-5-7-16(19)8-6-15/h4-10,14H,11H2,1-3H3,(H2,20,21,22)/t14-/m1/s1. The molecule has 4 heteroatoms. The van der Waals surface area contributed by atoms with Crippen LogP contribution in [0.5, 0.6) is 0 Å². The molecular weight excluding hydrogens is 295 g/mol. The van der Waals surface area contributed by atoms with Crippen molar-refractivity contribution in [2.24, 2.45) is 0 Å². The third kappa shape index (κ3) is 4.53. The normalized spacial score (nSPS) is 11.8. The van der Waals surface area contributed by atoms with Crippen LogP contribution in [-0.2, 0) is 6.54 Å². The average molecular weight is 316 g/mol. The van der Waals surface area contributed by atoms with E-state index < -0.39 is 0 Å². The van der Waals surface area contributed by atoms with E-state index in [1.807, 2.05) is 0 Å². The van der Waals surface area contributed by atoms with Gasteiger partial charge in [-0.1, -0.05) is 35.9 Å². The van der Waals surface area contributed by atoms with Crippen molar-refractivity contribution in [1.29, 1.82) is 0 Å². The first-order chi connectivity index (χ1) is 10.5. The monoisotopic (exact) mass is 316 g/mol. The van der Waals surface area contributed by atoms with Crippen molar-refractivity contribution < 1.29 is 4.39 Å². The van der Waals surface area contributed by atoms with Crippen LogP contribution in [0.4, 0.5) is 4.39 Å². The van der Waals surface area contributed by atoms with Gasteiger partial charge in [0.25, 0.3) is 0 Å². The second-order valence-corrected chi connectivity index (χ2v) is 5.94. The van der Waals surface area contributed by atoms with Crippen LogP contribution in [0.25, 0.3) is 0 Å². The summed E-state index contributed by atoms with van der Waals surface area (Å²) in [4.78, 5) is 0. The van der Waals surface area contributed by atoms with Crippen molar-refractivity contribution in [3.8, 4) is 0 Å². The van der Waals surface area contributed by atoms with Gasteiger partial charge in [0.1, 0.15) is 5.82 Å². The van der Waals surface area contributed by atoms with E-state index in [4.69, 9.17) is 12.2 Å². The molecule has 0 radical (unpaired) electrons. The molecule has 2 N–H and O–H groups in total. The maximum atomic E-state index is 12.9. The van der Waals surface area contributed by atoms with Gasteiger partial charge < -0.3 is 10.6 Å². The minimum Gasteiger partial charge on any atom is -0.359 e. The summed E-state index contributed by atoms with van der Waals surface area (Å²) >= 11 is 5.33. The van der Waals surface area contributed by atoms with E-state index in [1.54, 1.807) is 12.1 Å². The third-order valence-electron chi connectivity index (χ3n) is 3.61. The highest BCUT2D eigenvalue weighted by Gasteiger charge is 2.09. The molecule has 2 rings (SSSR count). The number of hydrogen-bond donors (Lipinski definition) is 2. The number of thiocarbonyl (C=S) groups is 1. The van der Waals surface area contributed by atoms with Crippen molar-refractivity contribution in [3.63, 3.8) is 0 Å². The molecule has 0 aliphatic heterocycles. The minimum atomic E-state index is -0.229. The summed E-state index contributed by atoms with van der Waals surface area (Å²) in [6, 6.07) is 12.9. The Hall–Kier alpha value is -1.94. The molecule has 0 amide bonds. The maximum Gasteiger partial charge on any atom is 0.167 e. The van der Waals surface area contributed by atoms with Crippen LogP contribution in [0.3, 0.4) is 0 Å². The molecule has 22 heavy (non-hydrogen) atoms. The molecule has 1 atom stereocenters. The van der Waals surface area contributed by atoms with E-state index in [2.05, 4.69) is 49.6 Å². The van der Waals surface area contributed by atoms with Gasteiger partial charge in [-0.3, -0.25) is 0 Å². The third-order valence-corrected chi connectivity index (χ3v) is 3.87. The molecule has 0 fully saturated rings. The molecule has 0 aliphatic carbocycles. The van der Waals surface area contributed by atoms with Crippen LogP contribution in [0.1, 0.15) is 35.2 Å². The summed E-state index contributed by atoms with van der Waals surface area (Å²) < 4.78 is 12.9. The van der Waals surface area contributed by atoms with Gasteiger partial charge in [-0.2, -0.15) is 0 Å². The molecule has 2 aromatic carbocycles. The second kappa shape index (κ2) is 7.36. The summed E-state index contributed by atoms with van der Waals surface area (Å²) in [7, 11) is 0. The Balaban J connectivity index is 1.89. The maximum absolute atomic E-state index is 12.9. The smallest absolute Gasteiger partial charge is 0.167 e. The summed E-state index contributed by atoms with van der Waals surface area (Å²) in [6.07, 6.45) is 0. The predicted octanol–water partition coefficient (Wildman–Crippen LogP) is 4.17. The first-order valence-electron chi connectivity index (χ1n) is 7.31. The van der Waals surface area contributed by atoms with Gasteiger partial charge in [0.15, 0.2) is 5.11 Å². The fourth-order valence-corrected chi connectivity index (χ4v) is 2.67. The lowest BCUT2D eigenvalue weighted by Gasteiger charge is -2.19. The van der Waals surface area contributed by atoms with E-state index in [-0.39, 0.29) is 11.9 Å². The van der Waals surface area contributed by atoms with Crippen LogP contribution < -0.4 is 10.6 Å². The highest BCUT2D eigenvalue weighted by molar-refractivity contribution is 7.80. The van der Waals surface area contributed by atoms with Crippen LogP contribution in [0.2, 0.25) is 0 Å². The van der Waals surface area contributed by atoms with Gasteiger partial charge >= 0.3 is 0 Å². The Kier molecular flexibility index (Phi) is 5.50. The first-order valence-corrected chi connectivity index (χ1v) is 7.72. The minimum absolute atomic E-state index is 0.133. The Morgan fingerprint density at radius 2 is 1.82 bits per heavy atom. The summed E-state index contributed by atoms with van der Waals surface area (Å²) in [5, 5.41) is 7.03. The summed E-state index contributed by atoms with van der Waals surface area (Å²) in [6.45, 7) is 6.86. The van der Waals surface area contributed by atoms with E-state index in [9.17, 15) is 4.39 Å². The SMILES string of the molecule is Cc1ccc([C@@H](C)NC(=S)NCc2ccc(F)cc2)c(C)c1. The van der Waals surface area contributed by atoms with E-state index >= 15 is 0 Å². The lowest BCUT2D eigenvalue weighted by molar-refractivity contribution is 0.626. The summed E-state index contributed by atoms with van der Waals surface area (Å²) in [5.41, 5.74) is 4.73. The van der Waals surface area contributed by atoms with Crippen molar-refractivity contribution in [2.45, 2.75) is 33.4 Å². The number of halogens is 1. The molecule has 116 valence electrons. The number of benzene rings is 2. The van der Waals surface area contributed by atoms with Crippen molar-refractivity contribution in [3.05, 3.63) is 70.5 Å². The molecule has 0 heterocycles. The van der Waals surface area contributed by atoms with Crippen molar-refractivity contribution >= 4 is 17.3 Å². The largest absolute Gasteiger partial charge is 0.359 e. The fraction of sp³-hybridized carbons (Fsp3) is 0.278. The van der Waals surface area contributed by atoms with E-state index in [0.29, 0.717) is 11.7 Å². The molecular formula is C18H21FN2S. The number of rotatable bonds is 4. The van der Waals surface area contributed by atoms with Gasteiger partial charge in [-0.05, 0) is 61.8 Å². The molecule has 2 aromatic rings. The van der Waals surface area contributed by atoms with E-state index in [1.165, 1.54) is 28.8 Å². The molecule has 0 spiro atoms. The van der Waals surface area contributed by atoms with Gasteiger partial charge in [0.05, 0.1) is 6.04 Å². The molecule has 0 aliphatic rings. The van der Waals surface area contributed by atoms with Crippen molar-refractivity contribution in [1.82, 2.24) is 10.6 Å². The molecule has 0 saturated heterocycles. The molecule has 0 saturated carbocycles. The van der Waals surface area contributed by atoms with Crippen LogP contribution in [-0.4, -0.2) is 5.11 Å². The van der Waals surface area contributed by atoms with Crippen LogP contribution in [0, 0.1) is 19.7 Å². The average Bonchev–Trinajstić information content (AvgIpc) is 2.46. The highest BCUT2D eigenvalue weighted by atomic mass is 32.1. The second-order valence-electron chi connectivity index (χ2n) is 5.54. The molecule has 0 aromatic heterocycles. The fourth-order valence-electron chi connectivity index (χ4n) is 2.42. The predicted molar refractivity (Wildman–Crippen MR) is 93.3 cm³/mol. The first kappa shape index (κ1) is 16.4. The lowest BCUT2D eigenvalue weighted by Crippen LogP contribution is -2.36. The van der Waals surface area contributed by atoms with Gasteiger partial charge in [0, 0.05) is 6.54 Å². The van der Waals surface area contributed by atoms with E-state index in [0.717, 1.165) is 5.56 Å².